The fraction of sp³-hybridized carbons (Fsp3) is 0.250. The second kappa shape index (κ2) is 10.7. The number of hydrogen-bond donors (Lipinski definition) is 0. The van der Waals surface area contributed by atoms with E-state index in [1.165, 1.54) is 5.56 Å². The minimum Gasteiger partial charge on any atom is -0.493 e. The van der Waals surface area contributed by atoms with Crippen molar-refractivity contribution in [3.05, 3.63) is 83.4 Å². The number of methoxy groups -OCH3 is 3. The summed E-state index contributed by atoms with van der Waals surface area (Å²) in [5.74, 6) is 4.59. The van der Waals surface area contributed by atoms with Gasteiger partial charge in [-0.05, 0) is 41.0 Å². The van der Waals surface area contributed by atoms with E-state index >= 15 is 0 Å². The monoisotopic (exact) mass is 410 g/mol. The van der Waals surface area contributed by atoms with Gasteiger partial charge in [0, 0.05) is 11.5 Å². The third kappa shape index (κ3) is 5.84. The van der Waals surface area contributed by atoms with Gasteiger partial charge in [-0.15, -0.1) is 0 Å². The molecule has 152 valence electrons. The predicted molar refractivity (Wildman–Crippen MR) is 118 cm³/mol. The van der Waals surface area contributed by atoms with Crippen molar-refractivity contribution in [3.8, 4) is 23.0 Å². The molecule has 0 aliphatic rings. The van der Waals surface area contributed by atoms with Gasteiger partial charge in [0.1, 0.15) is 12.4 Å². The molecule has 0 bridgehead atoms. The lowest BCUT2D eigenvalue weighted by molar-refractivity contribution is 0.306. The second-order valence-corrected chi connectivity index (χ2v) is 7.43. The molecule has 0 saturated heterocycles. The predicted octanol–water partition coefficient (Wildman–Crippen LogP) is 5.72. The van der Waals surface area contributed by atoms with Gasteiger partial charge in [0.05, 0.1) is 21.3 Å². The van der Waals surface area contributed by atoms with Crippen LogP contribution in [-0.4, -0.2) is 21.3 Å². The van der Waals surface area contributed by atoms with E-state index in [9.17, 15) is 0 Å². The van der Waals surface area contributed by atoms with Crippen LogP contribution in [0.1, 0.15) is 16.7 Å². The largest absolute Gasteiger partial charge is 0.493 e. The molecule has 0 saturated carbocycles. The van der Waals surface area contributed by atoms with Crippen LogP contribution in [0.2, 0.25) is 0 Å². The average Bonchev–Trinajstić information content (AvgIpc) is 2.78. The van der Waals surface area contributed by atoms with Crippen LogP contribution in [0.4, 0.5) is 0 Å². The Kier molecular flexibility index (Phi) is 7.70. The smallest absolute Gasteiger partial charge is 0.203 e. The lowest BCUT2D eigenvalue weighted by Crippen LogP contribution is -1.97. The summed E-state index contributed by atoms with van der Waals surface area (Å²) in [4.78, 5) is 0. The standard InChI is InChI=1S/C24H26O4S/c1-25-22-13-20(14-23(26-2)24(22)27-3)17-29-16-19-10-7-11-21(12-19)28-15-18-8-5-4-6-9-18/h4-14H,15-17H2,1-3H3. The van der Waals surface area contributed by atoms with Crippen LogP contribution >= 0.6 is 11.8 Å². The summed E-state index contributed by atoms with van der Waals surface area (Å²) in [6.45, 7) is 0.572. The van der Waals surface area contributed by atoms with Crippen molar-refractivity contribution in [2.24, 2.45) is 0 Å². The first-order valence-electron chi connectivity index (χ1n) is 9.35. The van der Waals surface area contributed by atoms with Crippen molar-refractivity contribution in [2.75, 3.05) is 21.3 Å². The summed E-state index contributed by atoms with van der Waals surface area (Å²) in [5.41, 5.74) is 3.52. The Balaban J connectivity index is 1.58. The first-order valence-corrected chi connectivity index (χ1v) is 10.5. The van der Waals surface area contributed by atoms with Crippen molar-refractivity contribution < 1.29 is 18.9 Å². The van der Waals surface area contributed by atoms with Crippen molar-refractivity contribution in [3.63, 3.8) is 0 Å². The molecule has 0 unspecified atom stereocenters. The molecule has 0 aliphatic carbocycles. The van der Waals surface area contributed by atoms with Gasteiger partial charge in [-0.1, -0.05) is 42.5 Å². The summed E-state index contributed by atoms with van der Waals surface area (Å²) in [6.07, 6.45) is 0. The minimum atomic E-state index is 0.572. The lowest BCUT2D eigenvalue weighted by Gasteiger charge is -2.14. The Hall–Kier alpha value is -2.79. The summed E-state index contributed by atoms with van der Waals surface area (Å²) in [7, 11) is 4.88. The van der Waals surface area contributed by atoms with Gasteiger partial charge in [0.15, 0.2) is 11.5 Å². The van der Waals surface area contributed by atoms with E-state index in [4.69, 9.17) is 18.9 Å². The fourth-order valence-corrected chi connectivity index (χ4v) is 3.89. The lowest BCUT2D eigenvalue weighted by atomic mass is 10.2. The van der Waals surface area contributed by atoms with Gasteiger partial charge in [0.2, 0.25) is 5.75 Å². The summed E-state index contributed by atoms with van der Waals surface area (Å²) < 4.78 is 22.2. The molecule has 0 fully saturated rings. The zero-order chi connectivity index (χ0) is 20.5. The van der Waals surface area contributed by atoms with Crippen LogP contribution in [-0.2, 0) is 18.1 Å². The molecule has 0 spiro atoms. The van der Waals surface area contributed by atoms with Crippen LogP contribution in [0, 0.1) is 0 Å². The summed E-state index contributed by atoms with van der Waals surface area (Å²) in [5, 5.41) is 0. The zero-order valence-electron chi connectivity index (χ0n) is 17.0. The van der Waals surface area contributed by atoms with E-state index in [0.717, 1.165) is 28.4 Å². The highest BCUT2D eigenvalue weighted by Crippen LogP contribution is 2.39. The molecule has 0 N–H and O–H groups in total. The van der Waals surface area contributed by atoms with Gasteiger partial charge < -0.3 is 18.9 Å². The number of benzene rings is 3. The van der Waals surface area contributed by atoms with Crippen LogP contribution in [0.5, 0.6) is 23.0 Å². The maximum absolute atomic E-state index is 5.93. The third-order valence-corrected chi connectivity index (χ3v) is 5.48. The van der Waals surface area contributed by atoms with Crippen LogP contribution < -0.4 is 18.9 Å². The number of thioether (sulfide) groups is 1. The molecule has 0 aliphatic heterocycles. The van der Waals surface area contributed by atoms with E-state index < -0.39 is 0 Å². The Morgan fingerprint density at radius 1 is 0.655 bits per heavy atom. The van der Waals surface area contributed by atoms with E-state index in [-0.39, 0.29) is 0 Å². The van der Waals surface area contributed by atoms with E-state index in [2.05, 4.69) is 24.3 Å². The highest BCUT2D eigenvalue weighted by Gasteiger charge is 2.13. The SMILES string of the molecule is COc1cc(CSCc2cccc(OCc3ccccc3)c2)cc(OC)c1OC. The van der Waals surface area contributed by atoms with Crippen molar-refractivity contribution in [1.82, 2.24) is 0 Å². The normalized spacial score (nSPS) is 10.4. The molecule has 3 aromatic carbocycles. The third-order valence-electron chi connectivity index (χ3n) is 4.41. The van der Waals surface area contributed by atoms with Crippen LogP contribution in [0.25, 0.3) is 0 Å². The molecule has 0 radical (unpaired) electrons. The highest BCUT2D eigenvalue weighted by atomic mass is 32.2. The maximum Gasteiger partial charge on any atom is 0.203 e. The quantitative estimate of drug-likeness (QED) is 0.427. The molecule has 4 nitrogen and oxygen atoms in total. The van der Waals surface area contributed by atoms with E-state index in [1.54, 1.807) is 21.3 Å². The van der Waals surface area contributed by atoms with E-state index in [1.807, 2.05) is 54.2 Å². The number of ether oxygens (including phenoxy) is 4. The number of hydrogen-bond acceptors (Lipinski definition) is 5. The van der Waals surface area contributed by atoms with Gasteiger partial charge in [-0.3, -0.25) is 0 Å². The van der Waals surface area contributed by atoms with Gasteiger partial charge in [0.25, 0.3) is 0 Å². The molecule has 0 amide bonds. The van der Waals surface area contributed by atoms with Gasteiger partial charge >= 0.3 is 0 Å². The molecule has 0 atom stereocenters. The van der Waals surface area contributed by atoms with Crippen LogP contribution in [0.15, 0.2) is 66.7 Å². The molecule has 3 rings (SSSR count). The summed E-state index contributed by atoms with van der Waals surface area (Å²) >= 11 is 1.83. The van der Waals surface area contributed by atoms with Crippen molar-refractivity contribution in [2.45, 2.75) is 18.1 Å². The zero-order valence-corrected chi connectivity index (χ0v) is 17.8. The fourth-order valence-electron chi connectivity index (χ4n) is 2.97. The average molecular weight is 411 g/mol. The highest BCUT2D eigenvalue weighted by molar-refractivity contribution is 7.97. The molecule has 0 heterocycles. The Bertz CT molecular complexity index is 887. The summed E-state index contributed by atoms with van der Waals surface area (Å²) in [6, 6.07) is 22.4. The number of rotatable bonds is 10. The Morgan fingerprint density at radius 2 is 1.31 bits per heavy atom. The van der Waals surface area contributed by atoms with Gasteiger partial charge in [-0.2, -0.15) is 11.8 Å². The molecule has 29 heavy (non-hydrogen) atoms. The molecular weight excluding hydrogens is 384 g/mol. The van der Waals surface area contributed by atoms with Crippen molar-refractivity contribution >= 4 is 11.8 Å². The Labute approximate surface area is 176 Å². The topological polar surface area (TPSA) is 36.9 Å². The molecule has 3 aromatic rings. The molecule has 0 aromatic heterocycles. The van der Waals surface area contributed by atoms with Gasteiger partial charge in [-0.25, -0.2) is 0 Å². The van der Waals surface area contributed by atoms with Crippen molar-refractivity contribution in [1.29, 1.82) is 0 Å². The molecular formula is C24H26O4S. The first-order chi connectivity index (χ1) is 14.2. The second-order valence-electron chi connectivity index (χ2n) is 6.45. The van der Waals surface area contributed by atoms with Crippen LogP contribution in [0.3, 0.4) is 0 Å². The Morgan fingerprint density at radius 3 is 1.97 bits per heavy atom. The first kappa shape index (κ1) is 20.9. The maximum atomic E-state index is 5.93. The molecule has 5 heteroatoms. The van der Waals surface area contributed by atoms with E-state index in [0.29, 0.717) is 23.9 Å². The minimum absolute atomic E-state index is 0.572.